The lowest BCUT2D eigenvalue weighted by atomic mass is 10.1. The monoisotopic (exact) mass is 474 g/mol. The summed E-state index contributed by atoms with van der Waals surface area (Å²) in [5.74, 6) is 0. The highest BCUT2D eigenvalue weighted by atomic mass is 31.2. The van der Waals surface area contributed by atoms with Crippen molar-refractivity contribution in [2.24, 2.45) is 0 Å². The third kappa shape index (κ3) is 18.0. The maximum Gasteiger partial charge on any atom is 0.362 e. The minimum Gasteiger partial charge on any atom is -0.373 e. The Bertz CT molecular complexity index is 551. The van der Waals surface area contributed by atoms with Crippen molar-refractivity contribution in [2.45, 2.75) is 115 Å². The van der Waals surface area contributed by atoms with Gasteiger partial charge in [0.25, 0.3) is 0 Å². The molecule has 0 rings (SSSR count). The molecule has 5 nitrogen and oxygen atoms in total. The number of likely N-dealkylation sites (N-methyl/N-ethyl adjacent to an activating group) is 1. The van der Waals surface area contributed by atoms with Crippen molar-refractivity contribution in [1.82, 2.24) is 0 Å². The third-order valence-electron chi connectivity index (χ3n) is 5.78. The molecule has 0 bridgehead atoms. The summed E-state index contributed by atoms with van der Waals surface area (Å²) in [6.45, 7) is 2.28. The highest BCUT2D eigenvalue weighted by molar-refractivity contribution is 7.53. The minimum atomic E-state index is -4.58. The first kappa shape index (κ1) is 31.6. The summed E-state index contributed by atoms with van der Waals surface area (Å²) in [6.07, 6.45) is 27.1. The van der Waals surface area contributed by atoms with Crippen LogP contribution in [0.4, 0.5) is 0 Å². The van der Waals surface area contributed by atoms with Gasteiger partial charge in [0.15, 0.2) is 0 Å². The first-order valence-electron chi connectivity index (χ1n) is 12.9. The topological polar surface area (TPSA) is 77.8 Å². The van der Waals surface area contributed by atoms with E-state index in [1.165, 1.54) is 77.0 Å². The molecule has 1 atom stereocenters. The Hall–Kier alpha value is -0.450. The largest absolute Gasteiger partial charge is 0.373 e. The number of hydrogen-bond donors (Lipinski definition) is 3. The molecule has 3 N–H and O–H groups in total. The van der Waals surface area contributed by atoms with Gasteiger partial charge in [0.1, 0.15) is 6.54 Å². The molecule has 0 aliphatic heterocycles. The predicted molar refractivity (Wildman–Crippen MR) is 138 cm³/mol. The Morgan fingerprint density at radius 2 is 1.06 bits per heavy atom. The van der Waals surface area contributed by atoms with Crippen LogP contribution in [0, 0.1) is 0 Å². The van der Waals surface area contributed by atoms with Crippen LogP contribution in [0.15, 0.2) is 24.3 Å². The smallest absolute Gasteiger partial charge is 0.362 e. The van der Waals surface area contributed by atoms with E-state index in [2.05, 4.69) is 25.2 Å². The normalized spacial score (nSPS) is 15.1. The molecule has 0 radical (unpaired) electrons. The molecule has 0 heterocycles. The molecule has 0 amide bonds. The first-order valence-corrected chi connectivity index (χ1v) is 14.5. The molecule has 0 saturated heterocycles. The van der Waals surface area contributed by atoms with Crippen LogP contribution in [-0.4, -0.2) is 52.4 Å². The lowest BCUT2D eigenvalue weighted by molar-refractivity contribution is -0.875. The predicted octanol–water partition coefficient (Wildman–Crippen LogP) is 6.93. The molecule has 0 aromatic heterocycles. The standard InChI is InChI=1S/C26H52NO4P/c1-5-6-7-8-9-10-11-12-13-14-15-16-17-18-19-20-21-22-23-24-26(28,32(29,30)31)25-27(2,3)4/h10-11,21-22,28H,5-9,12-20,23-25H2,1-4H3,(H-,29,30,31)/p+1/b11-10-,22-21-. The fourth-order valence-electron chi connectivity index (χ4n) is 3.96. The van der Waals surface area contributed by atoms with Crippen LogP contribution in [0.5, 0.6) is 0 Å². The van der Waals surface area contributed by atoms with E-state index in [9.17, 15) is 19.5 Å². The molecule has 0 spiro atoms. The van der Waals surface area contributed by atoms with Gasteiger partial charge in [0.05, 0.1) is 21.1 Å². The van der Waals surface area contributed by atoms with Gasteiger partial charge in [-0.05, 0) is 51.4 Å². The maximum atomic E-state index is 11.8. The van der Waals surface area contributed by atoms with Crippen LogP contribution in [0.1, 0.15) is 110 Å². The van der Waals surface area contributed by atoms with E-state index in [4.69, 9.17) is 0 Å². The molecule has 32 heavy (non-hydrogen) atoms. The molecule has 0 aliphatic carbocycles. The Kier molecular flexibility index (Phi) is 17.7. The lowest BCUT2D eigenvalue weighted by Crippen LogP contribution is -2.49. The van der Waals surface area contributed by atoms with E-state index < -0.39 is 12.9 Å². The average Bonchev–Trinajstić information content (AvgIpc) is 2.67. The second kappa shape index (κ2) is 18.0. The molecule has 0 fully saturated rings. The van der Waals surface area contributed by atoms with Crippen molar-refractivity contribution in [3.63, 3.8) is 0 Å². The fourth-order valence-corrected chi connectivity index (χ4v) is 4.99. The zero-order valence-corrected chi connectivity index (χ0v) is 22.4. The van der Waals surface area contributed by atoms with Gasteiger partial charge in [-0.1, -0.05) is 82.6 Å². The van der Waals surface area contributed by atoms with Gasteiger partial charge in [-0.25, -0.2) is 0 Å². The summed E-state index contributed by atoms with van der Waals surface area (Å²) in [7, 11) is 0.895. The summed E-state index contributed by atoms with van der Waals surface area (Å²) in [6, 6.07) is 0. The van der Waals surface area contributed by atoms with Crippen LogP contribution >= 0.6 is 7.60 Å². The number of hydrogen-bond acceptors (Lipinski definition) is 2. The number of nitrogens with zero attached hydrogens (tertiary/aromatic N) is 1. The molecule has 0 aliphatic rings. The van der Waals surface area contributed by atoms with Crippen molar-refractivity contribution in [1.29, 1.82) is 0 Å². The molecular weight excluding hydrogens is 421 g/mol. The Labute approximate surface area is 198 Å². The van der Waals surface area contributed by atoms with Gasteiger partial charge in [-0.3, -0.25) is 4.57 Å². The zero-order chi connectivity index (χ0) is 24.3. The van der Waals surface area contributed by atoms with Crippen LogP contribution in [0.2, 0.25) is 0 Å². The van der Waals surface area contributed by atoms with Crippen LogP contribution in [0.25, 0.3) is 0 Å². The Morgan fingerprint density at radius 1 is 0.688 bits per heavy atom. The highest BCUT2D eigenvalue weighted by Crippen LogP contribution is 2.52. The summed E-state index contributed by atoms with van der Waals surface area (Å²) in [4.78, 5) is 19.2. The zero-order valence-electron chi connectivity index (χ0n) is 21.5. The number of aliphatic hydroxyl groups is 1. The van der Waals surface area contributed by atoms with Crippen LogP contribution < -0.4 is 0 Å². The van der Waals surface area contributed by atoms with E-state index >= 15 is 0 Å². The first-order chi connectivity index (χ1) is 15.0. The highest BCUT2D eigenvalue weighted by Gasteiger charge is 2.48. The van der Waals surface area contributed by atoms with Gasteiger partial charge >= 0.3 is 7.60 Å². The average molecular weight is 475 g/mol. The van der Waals surface area contributed by atoms with Crippen molar-refractivity contribution < 1.29 is 23.9 Å². The molecule has 6 heteroatoms. The fraction of sp³-hybridized carbons (Fsp3) is 0.846. The van der Waals surface area contributed by atoms with Gasteiger partial charge in [0.2, 0.25) is 5.34 Å². The van der Waals surface area contributed by atoms with E-state index in [0.29, 0.717) is 10.9 Å². The Morgan fingerprint density at radius 3 is 1.44 bits per heavy atom. The molecule has 0 aromatic rings. The summed E-state index contributed by atoms with van der Waals surface area (Å²) < 4.78 is 12.1. The van der Waals surface area contributed by atoms with Gasteiger partial charge < -0.3 is 19.4 Å². The van der Waals surface area contributed by atoms with E-state index in [-0.39, 0.29) is 13.0 Å². The minimum absolute atomic E-state index is 0.0282. The van der Waals surface area contributed by atoms with Crippen molar-refractivity contribution >= 4 is 7.60 Å². The second-order valence-electron chi connectivity index (χ2n) is 10.4. The van der Waals surface area contributed by atoms with Crippen molar-refractivity contribution in [3.8, 4) is 0 Å². The van der Waals surface area contributed by atoms with Gasteiger partial charge in [-0.2, -0.15) is 0 Å². The Balaban J connectivity index is 3.68. The lowest BCUT2D eigenvalue weighted by Gasteiger charge is -2.35. The third-order valence-corrected chi connectivity index (χ3v) is 7.23. The summed E-state index contributed by atoms with van der Waals surface area (Å²) in [5.41, 5.74) is 0. The molecule has 0 aromatic carbocycles. The van der Waals surface area contributed by atoms with Crippen LogP contribution in [0.3, 0.4) is 0 Å². The summed E-state index contributed by atoms with van der Waals surface area (Å²) in [5, 5.41) is 8.55. The summed E-state index contributed by atoms with van der Waals surface area (Å²) >= 11 is 0. The SMILES string of the molecule is CCCCCC/C=C\CCCCCCCCC/C=C\CCC(O)(C[N+](C)(C)C)P(=O)(O)O. The molecule has 190 valence electrons. The molecule has 0 saturated carbocycles. The van der Waals surface area contributed by atoms with E-state index in [1.54, 1.807) is 0 Å². The van der Waals surface area contributed by atoms with E-state index in [0.717, 1.165) is 12.8 Å². The van der Waals surface area contributed by atoms with Crippen molar-refractivity contribution in [2.75, 3.05) is 27.7 Å². The number of allylic oxidation sites excluding steroid dienone is 4. The van der Waals surface area contributed by atoms with Gasteiger partial charge in [-0.15, -0.1) is 0 Å². The maximum absolute atomic E-state index is 11.8. The van der Waals surface area contributed by atoms with Crippen molar-refractivity contribution in [3.05, 3.63) is 24.3 Å². The van der Waals surface area contributed by atoms with Crippen LogP contribution in [-0.2, 0) is 4.57 Å². The quantitative estimate of drug-likeness (QED) is 0.0729. The van der Waals surface area contributed by atoms with E-state index in [1.807, 2.05) is 27.2 Å². The number of quaternary nitrogens is 1. The number of rotatable bonds is 21. The molecular formula is C26H53NO4P+. The molecule has 1 unspecified atom stereocenters. The van der Waals surface area contributed by atoms with Gasteiger partial charge in [0, 0.05) is 0 Å². The second-order valence-corrected chi connectivity index (χ2v) is 12.3. The number of unbranched alkanes of at least 4 members (excludes halogenated alkanes) is 12.